The van der Waals surface area contributed by atoms with Crippen LogP contribution in [0.3, 0.4) is 0 Å². The molecule has 4 nitrogen and oxygen atoms in total. The molecule has 2 aromatic carbocycles. The monoisotopic (exact) mass is 346 g/mol. The van der Waals surface area contributed by atoms with Crippen LogP contribution in [0.4, 0.5) is 0 Å². The lowest BCUT2D eigenvalue weighted by atomic mass is 10.1. The van der Waals surface area contributed by atoms with E-state index in [0.717, 1.165) is 34.1 Å². The zero-order valence-electron chi connectivity index (χ0n) is 12.2. The fourth-order valence-corrected chi connectivity index (χ4v) is 2.96. The first-order chi connectivity index (χ1) is 11.1. The molecule has 0 atom stereocenters. The van der Waals surface area contributed by atoms with Crippen molar-refractivity contribution in [2.24, 2.45) is 0 Å². The molecule has 116 valence electrons. The second kappa shape index (κ2) is 5.48. The van der Waals surface area contributed by atoms with Crippen LogP contribution in [-0.2, 0) is 0 Å². The van der Waals surface area contributed by atoms with Gasteiger partial charge in [0.25, 0.3) is 0 Å². The summed E-state index contributed by atoms with van der Waals surface area (Å²) in [7, 11) is 0. The zero-order valence-corrected chi connectivity index (χ0v) is 13.7. The van der Waals surface area contributed by atoms with Crippen LogP contribution in [0.25, 0.3) is 16.9 Å². The van der Waals surface area contributed by atoms with E-state index < -0.39 is 0 Å². The molecule has 3 aromatic rings. The van der Waals surface area contributed by atoms with E-state index in [4.69, 9.17) is 32.7 Å². The van der Waals surface area contributed by atoms with Crippen LogP contribution in [-0.4, -0.2) is 16.6 Å². The second-order valence-electron chi connectivity index (χ2n) is 5.25. The van der Waals surface area contributed by atoms with Gasteiger partial charge >= 0.3 is 0 Å². The Morgan fingerprint density at radius 3 is 2.70 bits per heavy atom. The third kappa shape index (κ3) is 2.54. The normalized spacial score (nSPS) is 12.7. The Kier molecular flexibility index (Phi) is 3.43. The van der Waals surface area contributed by atoms with E-state index in [-0.39, 0.29) is 6.79 Å². The van der Waals surface area contributed by atoms with Crippen molar-refractivity contribution in [2.45, 2.75) is 6.92 Å². The maximum Gasteiger partial charge on any atom is 0.231 e. The van der Waals surface area contributed by atoms with Crippen molar-refractivity contribution < 1.29 is 9.47 Å². The van der Waals surface area contributed by atoms with Gasteiger partial charge in [0.2, 0.25) is 6.79 Å². The van der Waals surface area contributed by atoms with Crippen LogP contribution in [0.2, 0.25) is 10.0 Å². The summed E-state index contributed by atoms with van der Waals surface area (Å²) in [5.74, 6) is 1.47. The van der Waals surface area contributed by atoms with E-state index >= 15 is 0 Å². The molecule has 2 heterocycles. The number of hydrogen-bond donors (Lipinski definition) is 0. The molecule has 1 aliphatic rings. The number of nitrogens with zero attached hydrogens (tertiary/aromatic N) is 2. The Morgan fingerprint density at radius 1 is 1.00 bits per heavy atom. The summed E-state index contributed by atoms with van der Waals surface area (Å²) in [4.78, 5) is 0. The summed E-state index contributed by atoms with van der Waals surface area (Å²) in [6.45, 7) is 2.18. The molecule has 0 saturated heterocycles. The Labute approximate surface area is 143 Å². The van der Waals surface area contributed by atoms with E-state index in [2.05, 4.69) is 5.10 Å². The number of benzene rings is 2. The van der Waals surface area contributed by atoms with Gasteiger partial charge in [0.1, 0.15) is 0 Å². The van der Waals surface area contributed by atoms with Crippen molar-refractivity contribution >= 4 is 23.2 Å². The number of aryl methyl sites for hydroxylation is 1. The van der Waals surface area contributed by atoms with Crippen molar-refractivity contribution in [3.8, 4) is 28.4 Å². The lowest BCUT2D eigenvalue weighted by Crippen LogP contribution is -2.00. The molecule has 0 unspecified atom stereocenters. The highest BCUT2D eigenvalue weighted by atomic mass is 35.5. The van der Waals surface area contributed by atoms with E-state index in [1.165, 1.54) is 0 Å². The third-order valence-corrected chi connectivity index (χ3v) is 4.19. The number of aromatic nitrogens is 2. The van der Waals surface area contributed by atoms with Crippen LogP contribution in [0.1, 0.15) is 5.69 Å². The smallest absolute Gasteiger partial charge is 0.231 e. The lowest BCUT2D eigenvalue weighted by Gasteiger charge is -2.10. The Morgan fingerprint density at radius 2 is 1.83 bits per heavy atom. The van der Waals surface area contributed by atoms with Crippen LogP contribution >= 0.6 is 23.2 Å². The standard InChI is InChI=1S/C17H12Cl2N2O2/c1-10-6-14(11-2-5-16-17(7-11)23-9-22-16)21(20-10)15-8-12(18)3-4-13(15)19/h2-8H,9H2,1H3. The fraction of sp³-hybridized carbons (Fsp3) is 0.118. The topological polar surface area (TPSA) is 36.3 Å². The Balaban J connectivity index is 1.89. The molecule has 0 N–H and O–H groups in total. The number of halogens is 2. The van der Waals surface area contributed by atoms with Crippen molar-refractivity contribution in [1.82, 2.24) is 9.78 Å². The summed E-state index contributed by atoms with van der Waals surface area (Å²) in [5.41, 5.74) is 3.49. The molecule has 0 spiro atoms. The largest absolute Gasteiger partial charge is 0.454 e. The molecular weight excluding hydrogens is 335 g/mol. The SMILES string of the molecule is Cc1cc(-c2ccc3c(c2)OCO3)n(-c2cc(Cl)ccc2Cl)n1. The summed E-state index contributed by atoms with van der Waals surface area (Å²) in [6.07, 6.45) is 0. The minimum Gasteiger partial charge on any atom is -0.454 e. The molecule has 1 aromatic heterocycles. The van der Waals surface area contributed by atoms with Crippen LogP contribution in [0.15, 0.2) is 42.5 Å². The lowest BCUT2D eigenvalue weighted by molar-refractivity contribution is 0.174. The predicted molar refractivity (Wildman–Crippen MR) is 89.9 cm³/mol. The van der Waals surface area contributed by atoms with Gasteiger partial charge in [-0.2, -0.15) is 5.10 Å². The highest BCUT2D eigenvalue weighted by Gasteiger charge is 2.18. The van der Waals surface area contributed by atoms with Crippen molar-refractivity contribution in [3.63, 3.8) is 0 Å². The van der Waals surface area contributed by atoms with Gasteiger partial charge in [-0.15, -0.1) is 0 Å². The fourth-order valence-electron chi connectivity index (χ4n) is 2.59. The van der Waals surface area contributed by atoms with E-state index in [0.29, 0.717) is 10.0 Å². The molecule has 6 heteroatoms. The van der Waals surface area contributed by atoms with Crippen molar-refractivity contribution in [3.05, 3.63) is 58.2 Å². The van der Waals surface area contributed by atoms with Gasteiger partial charge in [0, 0.05) is 10.6 Å². The molecule has 0 bridgehead atoms. The Bertz CT molecular complexity index is 906. The average Bonchev–Trinajstić information content (AvgIpc) is 3.15. The van der Waals surface area contributed by atoms with Gasteiger partial charge in [-0.05, 0) is 49.4 Å². The maximum absolute atomic E-state index is 6.33. The first kappa shape index (κ1) is 14.4. The van der Waals surface area contributed by atoms with E-state index in [9.17, 15) is 0 Å². The highest BCUT2D eigenvalue weighted by Crippen LogP contribution is 2.37. The van der Waals surface area contributed by atoms with Crippen LogP contribution in [0.5, 0.6) is 11.5 Å². The van der Waals surface area contributed by atoms with Gasteiger partial charge in [-0.25, -0.2) is 4.68 Å². The third-order valence-electron chi connectivity index (χ3n) is 3.64. The highest BCUT2D eigenvalue weighted by molar-refractivity contribution is 6.34. The molecular formula is C17H12Cl2N2O2. The summed E-state index contributed by atoms with van der Waals surface area (Å²) < 4.78 is 12.6. The van der Waals surface area contributed by atoms with E-state index in [1.54, 1.807) is 22.9 Å². The Hall–Kier alpha value is -2.17. The van der Waals surface area contributed by atoms with Gasteiger partial charge in [-0.1, -0.05) is 23.2 Å². The summed E-state index contributed by atoms with van der Waals surface area (Å²) in [6, 6.07) is 13.1. The minimum absolute atomic E-state index is 0.247. The number of hydrogen-bond acceptors (Lipinski definition) is 3. The molecule has 1 aliphatic heterocycles. The second-order valence-corrected chi connectivity index (χ2v) is 6.09. The van der Waals surface area contributed by atoms with Crippen LogP contribution in [0, 0.1) is 6.92 Å². The van der Waals surface area contributed by atoms with Gasteiger partial charge in [0.05, 0.1) is 22.1 Å². The predicted octanol–water partition coefficient (Wildman–Crippen LogP) is 4.88. The molecule has 0 radical (unpaired) electrons. The molecule has 23 heavy (non-hydrogen) atoms. The quantitative estimate of drug-likeness (QED) is 0.663. The first-order valence-corrected chi connectivity index (χ1v) is 7.79. The van der Waals surface area contributed by atoms with Gasteiger partial charge < -0.3 is 9.47 Å². The molecule has 0 saturated carbocycles. The van der Waals surface area contributed by atoms with Crippen LogP contribution < -0.4 is 9.47 Å². The maximum atomic E-state index is 6.33. The number of fused-ring (bicyclic) bond motifs is 1. The molecule has 4 rings (SSSR count). The minimum atomic E-state index is 0.247. The zero-order chi connectivity index (χ0) is 16.0. The summed E-state index contributed by atoms with van der Waals surface area (Å²) >= 11 is 12.4. The summed E-state index contributed by atoms with van der Waals surface area (Å²) in [5, 5.41) is 5.74. The van der Waals surface area contributed by atoms with Gasteiger partial charge in [-0.3, -0.25) is 0 Å². The van der Waals surface area contributed by atoms with Crippen molar-refractivity contribution in [1.29, 1.82) is 0 Å². The molecule has 0 aliphatic carbocycles. The van der Waals surface area contributed by atoms with Crippen molar-refractivity contribution in [2.75, 3.05) is 6.79 Å². The van der Waals surface area contributed by atoms with Gasteiger partial charge in [0.15, 0.2) is 11.5 Å². The average molecular weight is 347 g/mol. The van der Waals surface area contributed by atoms with E-state index in [1.807, 2.05) is 31.2 Å². The number of ether oxygens (including phenoxy) is 2. The molecule has 0 fully saturated rings. The first-order valence-electron chi connectivity index (χ1n) is 7.04. The number of rotatable bonds is 2. The molecule has 0 amide bonds.